The van der Waals surface area contributed by atoms with Crippen LogP contribution in [0.1, 0.15) is 33.3 Å². The van der Waals surface area contributed by atoms with Gasteiger partial charge in [0.05, 0.1) is 0 Å². The predicted octanol–water partition coefficient (Wildman–Crippen LogP) is 2.79. The van der Waals surface area contributed by atoms with Gasteiger partial charge in [0.2, 0.25) is 0 Å². The Labute approximate surface area is 148 Å². The molecular weight excluding hydrogens is 320 g/mol. The van der Waals surface area contributed by atoms with E-state index in [-0.39, 0.29) is 12.0 Å². The summed E-state index contributed by atoms with van der Waals surface area (Å²) in [6, 6.07) is 11.4. The largest absolute Gasteiger partial charge is 0.501 e. The first kappa shape index (κ1) is 21.3. The van der Waals surface area contributed by atoms with Crippen molar-refractivity contribution in [3.63, 3.8) is 0 Å². The van der Waals surface area contributed by atoms with E-state index in [0.717, 1.165) is 12.6 Å². The molecule has 0 bridgehead atoms. The monoisotopic (exact) mass is 354 g/mol. The van der Waals surface area contributed by atoms with Crippen LogP contribution in [0.2, 0.25) is 6.04 Å². The molecule has 2 atom stereocenters. The van der Waals surface area contributed by atoms with Crippen LogP contribution in [0.15, 0.2) is 30.3 Å². The number of nitrogens with two attached hydrogens (primary N) is 1. The molecule has 0 radical (unpaired) electrons. The fourth-order valence-electron chi connectivity index (χ4n) is 2.79. The standard InChI is InChI=1S/C18H34N2O3Si/c1-5-21-24(22-6-2,23-7-3)15-18(13-19)16(4)20-14-17-11-9-8-10-12-17/h8-12,16,18,20H,5-7,13-15,19H2,1-4H3. The summed E-state index contributed by atoms with van der Waals surface area (Å²) >= 11 is 0. The van der Waals surface area contributed by atoms with Crippen molar-refractivity contribution >= 4 is 8.80 Å². The zero-order valence-corrected chi connectivity index (χ0v) is 16.6. The Hall–Kier alpha value is -0.763. The average Bonchev–Trinajstić information content (AvgIpc) is 2.59. The van der Waals surface area contributed by atoms with Crippen molar-refractivity contribution in [2.24, 2.45) is 11.7 Å². The normalized spacial score (nSPS) is 14.5. The molecule has 0 aromatic heterocycles. The molecule has 3 N–H and O–H groups in total. The first-order valence-electron chi connectivity index (χ1n) is 9.00. The van der Waals surface area contributed by atoms with E-state index in [4.69, 9.17) is 19.0 Å². The minimum absolute atomic E-state index is 0.241. The highest BCUT2D eigenvalue weighted by Crippen LogP contribution is 2.23. The molecule has 0 aliphatic rings. The molecule has 0 amide bonds. The van der Waals surface area contributed by atoms with Crippen LogP contribution in [0.5, 0.6) is 0 Å². The SMILES string of the molecule is CCO[Si](CC(CN)C(C)NCc1ccccc1)(OCC)OCC. The van der Waals surface area contributed by atoms with Gasteiger partial charge in [0.15, 0.2) is 0 Å². The van der Waals surface area contributed by atoms with Gasteiger partial charge in [-0.3, -0.25) is 0 Å². The Morgan fingerprint density at radius 3 is 2.00 bits per heavy atom. The lowest BCUT2D eigenvalue weighted by atomic mass is 10.0. The fourth-order valence-corrected chi connectivity index (χ4v) is 5.87. The summed E-state index contributed by atoms with van der Waals surface area (Å²) < 4.78 is 17.9. The number of hydrogen-bond donors (Lipinski definition) is 2. The minimum atomic E-state index is -2.67. The molecule has 1 rings (SSSR count). The van der Waals surface area contributed by atoms with Gasteiger partial charge in [-0.2, -0.15) is 0 Å². The Kier molecular flexibility index (Phi) is 10.4. The molecule has 1 aromatic rings. The van der Waals surface area contributed by atoms with Crippen molar-refractivity contribution in [2.45, 2.75) is 46.3 Å². The van der Waals surface area contributed by atoms with Crippen LogP contribution in [0.25, 0.3) is 0 Å². The molecule has 138 valence electrons. The summed E-state index contributed by atoms with van der Waals surface area (Å²) in [5.74, 6) is 0.241. The molecule has 0 spiro atoms. The van der Waals surface area contributed by atoms with Crippen LogP contribution >= 0.6 is 0 Å². The summed E-state index contributed by atoms with van der Waals surface area (Å²) in [6.45, 7) is 11.3. The molecule has 2 unspecified atom stereocenters. The number of hydrogen-bond acceptors (Lipinski definition) is 5. The molecule has 6 heteroatoms. The van der Waals surface area contributed by atoms with Crippen molar-refractivity contribution in [2.75, 3.05) is 26.4 Å². The van der Waals surface area contributed by atoms with Gasteiger partial charge < -0.3 is 24.3 Å². The third-order valence-electron chi connectivity index (χ3n) is 4.09. The van der Waals surface area contributed by atoms with Crippen molar-refractivity contribution in [1.82, 2.24) is 5.32 Å². The van der Waals surface area contributed by atoms with Crippen LogP contribution in [0.3, 0.4) is 0 Å². The van der Waals surface area contributed by atoms with E-state index in [0.29, 0.717) is 26.4 Å². The molecule has 0 fully saturated rings. The molecule has 0 saturated carbocycles. The second-order valence-corrected chi connectivity index (χ2v) is 8.48. The van der Waals surface area contributed by atoms with Gasteiger partial charge >= 0.3 is 8.80 Å². The Bertz CT molecular complexity index is 417. The van der Waals surface area contributed by atoms with Crippen LogP contribution in [0.4, 0.5) is 0 Å². The summed E-state index contributed by atoms with van der Waals surface area (Å²) in [6.07, 6.45) is 0. The Balaban J connectivity index is 2.69. The highest BCUT2D eigenvalue weighted by atomic mass is 28.4. The van der Waals surface area contributed by atoms with Gasteiger partial charge in [-0.15, -0.1) is 0 Å². The molecular formula is C18H34N2O3Si. The van der Waals surface area contributed by atoms with E-state index in [2.05, 4.69) is 36.5 Å². The minimum Gasteiger partial charge on any atom is -0.374 e. The van der Waals surface area contributed by atoms with E-state index >= 15 is 0 Å². The quantitative estimate of drug-likeness (QED) is 0.533. The van der Waals surface area contributed by atoms with Gasteiger partial charge in [-0.1, -0.05) is 30.3 Å². The lowest BCUT2D eigenvalue weighted by Gasteiger charge is -2.33. The molecule has 24 heavy (non-hydrogen) atoms. The van der Waals surface area contributed by atoms with Gasteiger partial charge in [0.25, 0.3) is 0 Å². The summed E-state index contributed by atoms with van der Waals surface area (Å²) in [5.41, 5.74) is 7.32. The van der Waals surface area contributed by atoms with Crippen molar-refractivity contribution in [3.8, 4) is 0 Å². The maximum absolute atomic E-state index is 6.05. The topological polar surface area (TPSA) is 65.7 Å². The molecule has 1 aromatic carbocycles. The van der Waals surface area contributed by atoms with E-state index in [9.17, 15) is 0 Å². The summed E-state index contributed by atoms with van der Waals surface area (Å²) in [7, 11) is -2.67. The van der Waals surface area contributed by atoms with Crippen molar-refractivity contribution < 1.29 is 13.3 Å². The van der Waals surface area contributed by atoms with Crippen LogP contribution in [-0.2, 0) is 19.8 Å². The van der Waals surface area contributed by atoms with E-state index < -0.39 is 8.80 Å². The molecule has 0 aliphatic carbocycles. The third kappa shape index (κ3) is 7.00. The zero-order chi connectivity index (χ0) is 17.8. The van der Waals surface area contributed by atoms with Crippen molar-refractivity contribution in [3.05, 3.63) is 35.9 Å². The second-order valence-electron chi connectivity index (χ2n) is 5.84. The lowest BCUT2D eigenvalue weighted by Crippen LogP contribution is -2.51. The van der Waals surface area contributed by atoms with Crippen LogP contribution in [0, 0.1) is 5.92 Å². The summed E-state index contributed by atoms with van der Waals surface area (Å²) in [5, 5.41) is 3.57. The fraction of sp³-hybridized carbons (Fsp3) is 0.667. The third-order valence-corrected chi connectivity index (χ3v) is 7.30. The predicted molar refractivity (Wildman–Crippen MR) is 101 cm³/mol. The van der Waals surface area contributed by atoms with Crippen molar-refractivity contribution in [1.29, 1.82) is 0 Å². The van der Waals surface area contributed by atoms with E-state index in [1.165, 1.54) is 5.56 Å². The highest BCUT2D eigenvalue weighted by Gasteiger charge is 2.43. The van der Waals surface area contributed by atoms with Gasteiger partial charge in [0.1, 0.15) is 0 Å². The van der Waals surface area contributed by atoms with E-state index in [1.54, 1.807) is 0 Å². The van der Waals surface area contributed by atoms with Gasteiger partial charge in [0, 0.05) is 38.5 Å². The van der Waals surface area contributed by atoms with Crippen LogP contribution in [-0.4, -0.2) is 41.2 Å². The second kappa shape index (κ2) is 11.7. The molecule has 0 saturated heterocycles. The average molecular weight is 355 g/mol. The molecule has 0 heterocycles. The maximum Gasteiger partial charge on any atom is 0.501 e. The smallest absolute Gasteiger partial charge is 0.374 e. The summed E-state index contributed by atoms with van der Waals surface area (Å²) in [4.78, 5) is 0. The van der Waals surface area contributed by atoms with Gasteiger partial charge in [-0.05, 0) is 45.7 Å². The number of rotatable bonds is 13. The number of benzene rings is 1. The first-order valence-corrected chi connectivity index (χ1v) is 10.9. The molecule has 5 nitrogen and oxygen atoms in total. The van der Waals surface area contributed by atoms with E-state index in [1.807, 2.05) is 26.8 Å². The maximum atomic E-state index is 6.05. The number of nitrogens with one attached hydrogen (secondary N) is 1. The Morgan fingerprint density at radius 1 is 1.00 bits per heavy atom. The highest BCUT2D eigenvalue weighted by molar-refractivity contribution is 6.60. The Morgan fingerprint density at radius 2 is 1.54 bits per heavy atom. The van der Waals surface area contributed by atoms with Crippen LogP contribution < -0.4 is 11.1 Å². The van der Waals surface area contributed by atoms with Gasteiger partial charge in [-0.25, -0.2) is 0 Å². The first-order chi connectivity index (χ1) is 11.6. The molecule has 0 aliphatic heterocycles. The lowest BCUT2D eigenvalue weighted by molar-refractivity contribution is 0.0656. The zero-order valence-electron chi connectivity index (χ0n) is 15.6.